The van der Waals surface area contributed by atoms with E-state index in [2.05, 4.69) is 21.2 Å². The van der Waals surface area contributed by atoms with Gasteiger partial charge >= 0.3 is 0 Å². The van der Waals surface area contributed by atoms with Gasteiger partial charge in [0.15, 0.2) is 0 Å². The third kappa shape index (κ3) is 3.88. The molecule has 0 heterocycles. The molecule has 0 spiro atoms. The number of halogens is 1. The first kappa shape index (κ1) is 12.0. The van der Waals surface area contributed by atoms with E-state index in [1.807, 2.05) is 39.0 Å². The van der Waals surface area contributed by atoms with Crippen LogP contribution in [0.25, 0.3) is 0 Å². The summed E-state index contributed by atoms with van der Waals surface area (Å²) in [4.78, 5) is 11.5. The topological polar surface area (TPSA) is 29.1 Å². The number of rotatable bonds is 2. The van der Waals surface area contributed by atoms with Crippen molar-refractivity contribution >= 4 is 27.5 Å². The lowest BCUT2D eigenvalue weighted by Gasteiger charge is -2.06. The summed E-state index contributed by atoms with van der Waals surface area (Å²) in [5.74, 6) is -0.0960. The first-order valence-corrected chi connectivity index (χ1v) is 5.50. The van der Waals surface area contributed by atoms with Crippen molar-refractivity contribution in [2.45, 2.75) is 20.8 Å². The van der Waals surface area contributed by atoms with Crippen LogP contribution >= 0.6 is 15.9 Å². The Bertz CT molecular complexity index is 406. The van der Waals surface area contributed by atoms with E-state index < -0.39 is 0 Å². The average molecular weight is 268 g/mol. The fourth-order valence-electron chi connectivity index (χ4n) is 1.17. The molecule has 1 aromatic carbocycles. The molecule has 1 rings (SSSR count). The SMILES string of the molecule is CC(C)=CC(=O)Nc1cc(C)ccc1Br. The molecular formula is C12H14BrNO. The van der Waals surface area contributed by atoms with Crippen molar-refractivity contribution in [1.29, 1.82) is 0 Å². The molecule has 0 fully saturated rings. The predicted octanol–water partition coefficient (Wildman–Crippen LogP) is 3.66. The highest BCUT2D eigenvalue weighted by atomic mass is 79.9. The zero-order valence-electron chi connectivity index (χ0n) is 9.10. The van der Waals surface area contributed by atoms with Crippen LogP contribution in [-0.4, -0.2) is 5.91 Å². The average Bonchev–Trinajstić information content (AvgIpc) is 2.10. The molecule has 80 valence electrons. The van der Waals surface area contributed by atoms with E-state index in [1.165, 1.54) is 0 Å². The number of carbonyl (C=O) groups is 1. The molecule has 0 aliphatic carbocycles. The number of hydrogen-bond donors (Lipinski definition) is 1. The van der Waals surface area contributed by atoms with Crippen molar-refractivity contribution in [1.82, 2.24) is 0 Å². The van der Waals surface area contributed by atoms with Crippen LogP contribution in [0, 0.1) is 6.92 Å². The van der Waals surface area contributed by atoms with Crippen LogP contribution in [0.3, 0.4) is 0 Å². The standard InChI is InChI=1S/C12H14BrNO/c1-8(2)6-12(15)14-11-7-9(3)4-5-10(11)13/h4-7H,1-3H3,(H,14,15). The van der Waals surface area contributed by atoms with Crippen LogP contribution in [0.2, 0.25) is 0 Å². The molecular weight excluding hydrogens is 254 g/mol. The Morgan fingerprint density at radius 3 is 2.67 bits per heavy atom. The molecule has 0 aromatic heterocycles. The van der Waals surface area contributed by atoms with Crippen molar-refractivity contribution in [3.8, 4) is 0 Å². The number of hydrogen-bond acceptors (Lipinski definition) is 1. The normalized spacial score (nSPS) is 9.60. The molecule has 1 aromatic rings. The van der Waals surface area contributed by atoms with Gasteiger partial charge in [0.2, 0.25) is 5.91 Å². The second kappa shape index (κ2) is 5.12. The molecule has 0 saturated heterocycles. The van der Waals surface area contributed by atoms with E-state index in [1.54, 1.807) is 6.08 Å². The zero-order chi connectivity index (χ0) is 11.4. The highest BCUT2D eigenvalue weighted by molar-refractivity contribution is 9.10. The first-order valence-electron chi connectivity index (χ1n) is 4.71. The van der Waals surface area contributed by atoms with Gasteiger partial charge in [-0.05, 0) is 54.4 Å². The van der Waals surface area contributed by atoms with Crippen molar-refractivity contribution in [2.75, 3.05) is 5.32 Å². The van der Waals surface area contributed by atoms with E-state index in [9.17, 15) is 4.79 Å². The number of nitrogens with one attached hydrogen (secondary N) is 1. The highest BCUT2D eigenvalue weighted by Gasteiger charge is 2.02. The Kier molecular flexibility index (Phi) is 4.09. The summed E-state index contributed by atoms with van der Waals surface area (Å²) in [5, 5.41) is 2.82. The van der Waals surface area contributed by atoms with Gasteiger partial charge in [-0.25, -0.2) is 0 Å². The lowest BCUT2D eigenvalue weighted by Crippen LogP contribution is -2.09. The van der Waals surface area contributed by atoms with E-state index in [-0.39, 0.29) is 5.91 Å². The minimum absolute atomic E-state index is 0.0960. The maximum atomic E-state index is 11.5. The molecule has 0 aliphatic heterocycles. The molecule has 3 heteroatoms. The summed E-state index contributed by atoms with van der Waals surface area (Å²) in [6.07, 6.45) is 1.58. The number of allylic oxidation sites excluding steroid dienone is 1. The molecule has 15 heavy (non-hydrogen) atoms. The summed E-state index contributed by atoms with van der Waals surface area (Å²) in [7, 11) is 0. The van der Waals surface area contributed by atoms with Crippen LogP contribution in [-0.2, 0) is 4.79 Å². The Hall–Kier alpha value is -1.09. The van der Waals surface area contributed by atoms with E-state index in [4.69, 9.17) is 0 Å². The minimum atomic E-state index is -0.0960. The molecule has 0 radical (unpaired) electrons. The van der Waals surface area contributed by atoms with Gasteiger partial charge in [-0.15, -0.1) is 0 Å². The number of carbonyl (C=O) groups excluding carboxylic acids is 1. The Morgan fingerprint density at radius 1 is 1.40 bits per heavy atom. The van der Waals surface area contributed by atoms with Crippen molar-refractivity contribution in [3.05, 3.63) is 39.9 Å². The molecule has 1 amide bonds. The predicted molar refractivity (Wildman–Crippen MR) is 66.9 cm³/mol. The second-order valence-corrected chi connectivity index (χ2v) is 4.55. The summed E-state index contributed by atoms with van der Waals surface area (Å²) in [6.45, 7) is 5.78. The van der Waals surface area contributed by atoms with Crippen molar-refractivity contribution in [3.63, 3.8) is 0 Å². The molecule has 0 aliphatic rings. The summed E-state index contributed by atoms with van der Waals surface area (Å²) < 4.78 is 0.892. The zero-order valence-corrected chi connectivity index (χ0v) is 10.7. The Morgan fingerprint density at radius 2 is 2.07 bits per heavy atom. The Labute approximate surface area is 98.5 Å². The van der Waals surface area contributed by atoms with Crippen molar-refractivity contribution in [2.24, 2.45) is 0 Å². The van der Waals surface area contributed by atoms with Crippen molar-refractivity contribution < 1.29 is 4.79 Å². The quantitative estimate of drug-likeness (QED) is 0.815. The third-order valence-electron chi connectivity index (χ3n) is 1.80. The lowest BCUT2D eigenvalue weighted by molar-refractivity contribution is -0.111. The highest BCUT2D eigenvalue weighted by Crippen LogP contribution is 2.23. The van der Waals surface area contributed by atoms with E-state index in [0.29, 0.717) is 0 Å². The van der Waals surface area contributed by atoms with Crippen LogP contribution < -0.4 is 5.32 Å². The monoisotopic (exact) mass is 267 g/mol. The van der Waals surface area contributed by atoms with Gasteiger partial charge < -0.3 is 5.32 Å². The number of amides is 1. The van der Waals surface area contributed by atoms with Gasteiger partial charge in [-0.3, -0.25) is 4.79 Å². The van der Waals surface area contributed by atoms with Crippen LogP contribution in [0.5, 0.6) is 0 Å². The molecule has 0 saturated carbocycles. The smallest absolute Gasteiger partial charge is 0.248 e. The maximum absolute atomic E-state index is 11.5. The summed E-state index contributed by atoms with van der Waals surface area (Å²) >= 11 is 3.39. The second-order valence-electron chi connectivity index (χ2n) is 3.69. The van der Waals surface area contributed by atoms with Gasteiger partial charge in [0, 0.05) is 10.5 Å². The van der Waals surface area contributed by atoms with Crippen LogP contribution in [0.1, 0.15) is 19.4 Å². The Balaban J connectivity index is 2.85. The number of aryl methyl sites for hydroxylation is 1. The van der Waals surface area contributed by atoms with Gasteiger partial charge in [0.1, 0.15) is 0 Å². The van der Waals surface area contributed by atoms with Gasteiger partial charge in [-0.1, -0.05) is 11.6 Å². The summed E-state index contributed by atoms with van der Waals surface area (Å²) in [6, 6.07) is 5.84. The first-order chi connectivity index (χ1) is 6.99. The molecule has 0 unspecified atom stereocenters. The lowest BCUT2D eigenvalue weighted by atomic mass is 10.2. The fourth-order valence-corrected chi connectivity index (χ4v) is 1.51. The largest absolute Gasteiger partial charge is 0.321 e. The number of benzene rings is 1. The third-order valence-corrected chi connectivity index (χ3v) is 2.49. The fraction of sp³-hybridized carbons (Fsp3) is 0.250. The van der Waals surface area contributed by atoms with Crippen LogP contribution in [0.15, 0.2) is 34.3 Å². The molecule has 0 bridgehead atoms. The van der Waals surface area contributed by atoms with E-state index in [0.717, 1.165) is 21.3 Å². The van der Waals surface area contributed by atoms with Gasteiger partial charge in [-0.2, -0.15) is 0 Å². The van der Waals surface area contributed by atoms with Crippen LogP contribution in [0.4, 0.5) is 5.69 Å². The van der Waals surface area contributed by atoms with Gasteiger partial charge in [0.25, 0.3) is 0 Å². The van der Waals surface area contributed by atoms with E-state index >= 15 is 0 Å². The molecule has 2 nitrogen and oxygen atoms in total. The molecule has 1 N–H and O–H groups in total. The summed E-state index contributed by atoms with van der Waals surface area (Å²) in [5.41, 5.74) is 2.90. The minimum Gasteiger partial charge on any atom is -0.321 e. The van der Waals surface area contributed by atoms with Gasteiger partial charge in [0.05, 0.1) is 5.69 Å². The maximum Gasteiger partial charge on any atom is 0.248 e. The molecule has 0 atom stereocenters. The number of anilines is 1.